The van der Waals surface area contributed by atoms with Crippen LogP contribution in [-0.4, -0.2) is 25.0 Å². The highest BCUT2D eigenvalue weighted by atomic mass is 79.9. The molecule has 0 aromatic heterocycles. The smallest absolute Gasteiger partial charge is 0.339 e. The number of aromatic carboxylic acids is 1. The van der Waals surface area contributed by atoms with Crippen molar-refractivity contribution in [1.29, 1.82) is 0 Å². The van der Waals surface area contributed by atoms with Crippen LogP contribution in [0, 0.1) is 0 Å². The predicted molar refractivity (Wildman–Crippen MR) is 53.6 cm³/mol. The maximum Gasteiger partial charge on any atom is 0.339 e. The first-order chi connectivity index (χ1) is 6.65. The summed E-state index contributed by atoms with van der Waals surface area (Å²) in [6.45, 7) is 0.0297. The summed E-state index contributed by atoms with van der Waals surface area (Å²) in [5.74, 6) is -0.736. The fraction of sp³-hybridized carbons (Fsp3) is 0.222. The molecule has 0 fully saturated rings. The lowest BCUT2D eigenvalue weighted by molar-refractivity contribution is 0.0483. The van der Waals surface area contributed by atoms with Crippen molar-refractivity contribution >= 4 is 21.9 Å². The molecular formula is C9H9BrO4. The Hall–Kier alpha value is -1.07. The molecule has 0 saturated heterocycles. The molecule has 0 bridgehead atoms. The minimum Gasteiger partial charge on any atom is -0.478 e. The molecule has 0 heterocycles. The monoisotopic (exact) mass is 260 g/mol. The van der Waals surface area contributed by atoms with Gasteiger partial charge < -0.3 is 14.6 Å². The number of hydrogen-bond acceptors (Lipinski definition) is 3. The topological polar surface area (TPSA) is 55.8 Å². The summed E-state index contributed by atoms with van der Waals surface area (Å²) in [5.41, 5.74) is 0.108. The Bertz CT molecular complexity index is 338. The zero-order valence-electron chi connectivity index (χ0n) is 7.49. The summed E-state index contributed by atoms with van der Waals surface area (Å²) in [5, 5.41) is 8.85. The van der Waals surface area contributed by atoms with Crippen molar-refractivity contribution in [1.82, 2.24) is 0 Å². The first kappa shape index (κ1) is 11.0. The molecule has 4 nitrogen and oxygen atoms in total. The fourth-order valence-corrected chi connectivity index (χ4v) is 1.28. The third-order valence-electron chi connectivity index (χ3n) is 1.50. The van der Waals surface area contributed by atoms with E-state index in [0.29, 0.717) is 10.2 Å². The second kappa shape index (κ2) is 4.97. The lowest BCUT2D eigenvalue weighted by Crippen LogP contribution is -2.05. The van der Waals surface area contributed by atoms with Gasteiger partial charge in [0.05, 0.1) is 0 Å². The van der Waals surface area contributed by atoms with Gasteiger partial charge in [0.2, 0.25) is 0 Å². The van der Waals surface area contributed by atoms with Crippen LogP contribution in [-0.2, 0) is 4.74 Å². The molecule has 1 N–H and O–H groups in total. The number of methoxy groups -OCH3 is 1. The Morgan fingerprint density at radius 2 is 2.29 bits per heavy atom. The maximum absolute atomic E-state index is 10.8. The van der Waals surface area contributed by atoms with E-state index in [0.717, 1.165) is 0 Å². The molecule has 0 aliphatic rings. The molecule has 0 atom stereocenters. The number of rotatable bonds is 4. The summed E-state index contributed by atoms with van der Waals surface area (Å²) in [4.78, 5) is 10.8. The number of benzene rings is 1. The minimum atomic E-state index is -1.03. The Morgan fingerprint density at radius 3 is 2.86 bits per heavy atom. The van der Waals surface area contributed by atoms with Crippen molar-refractivity contribution in [3.05, 3.63) is 28.2 Å². The second-order valence-electron chi connectivity index (χ2n) is 2.50. The van der Waals surface area contributed by atoms with Gasteiger partial charge in [-0.3, -0.25) is 0 Å². The predicted octanol–water partition coefficient (Wildman–Crippen LogP) is 2.13. The van der Waals surface area contributed by atoms with Crippen LogP contribution in [0.3, 0.4) is 0 Å². The van der Waals surface area contributed by atoms with Gasteiger partial charge >= 0.3 is 5.97 Å². The van der Waals surface area contributed by atoms with Gasteiger partial charge in [0, 0.05) is 11.6 Å². The zero-order valence-corrected chi connectivity index (χ0v) is 9.08. The number of hydrogen-bond donors (Lipinski definition) is 1. The molecule has 1 aromatic rings. The van der Waals surface area contributed by atoms with E-state index in [9.17, 15) is 4.79 Å². The van der Waals surface area contributed by atoms with Crippen LogP contribution in [0.4, 0.5) is 0 Å². The summed E-state index contributed by atoms with van der Waals surface area (Å²) in [6.07, 6.45) is 0. The van der Waals surface area contributed by atoms with Crippen LogP contribution in [0.25, 0.3) is 0 Å². The van der Waals surface area contributed by atoms with Gasteiger partial charge in [-0.05, 0) is 18.2 Å². The molecule has 1 rings (SSSR count). The molecule has 0 amide bonds. The zero-order chi connectivity index (χ0) is 10.6. The molecular weight excluding hydrogens is 252 g/mol. The van der Waals surface area contributed by atoms with Gasteiger partial charge in [0.15, 0.2) is 6.79 Å². The number of carboxylic acids is 1. The SMILES string of the molecule is COCOc1ccc(Br)cc1C(=O)O. The van der Waals surface area contributed by atoms with Crippen LogP contribution in [0.15, 0.2) is 22.7 Å². The Kier molecular flexibility index (Phi) is 3.91. The summed E-state index contributed by atoms with van der Waals surface area (Å²) in [6, 6.07) is 4.76. The number of carboxylic acid groups (broad SMARTS) is 1. The van der Waals surface area contributed by atoms with Crippen LogP contribution >= 0.6 is 15.9 Å². The fourth-order valence-electron chi connectivity index (χ4n) is 0.918. The number of carbonyl (C=O) groups is 1. The standard InChI is InChI=1S/C9H9BrO4/c1-13-5-14-8-3-2-6(10)4-7(8)9(11)12/h2-4H,5H2,1H3,(H,11,12). The highest BCUT2D eigenvalue weighted by molar-refractivity contribution is 9.10. The summed E-state index contributed by atoms with van der Waals surface area (Å²) in [7, 11) is 1.47. The van der Waals surface area contributed by atoms with Gasteiger partial charge in [0.25, 0.3) is 0 Å². The molecule has 0 radical (unpaired) electrons. The van der Waals surface area contributed by atoms with E-state index in [-0.39, 0.29) is 12.4 Å². The molecule has 5 heteroatoms. The van der Waals surface area contributed by atoms with Gasteiger partial charge in [0.1, 0.15) is 11.3 Å². The van der Waals surface area contributed by atoms with Gasteiger partial charge in [-0.15, -0.1) is 0 Å². The van der Waals surface area contributed by atoms with Gasteiger partial charge in [-0.1, -0.05) is 15.9 Å². The average Bonchev–Trinajstić information content (AvgIpc) is 2.15. The van der Waals surface area contributed by atoms with Crippen molar-refractivity contribution in [2.45, 2.75) is 0 Å². The third kappa shape index (κ3) is 2.71. The Labute approximate surface area is 89.6 Å². The maximum atomic E-state index is 10.8. The normalized spacial score (nSPS) is 9.86. The molecule has 0 unspecified atom stereocenters. The van der Waals surface area contributed by atoms with E-state index in [1.165, 1.54) is 13.2 Å². The molecule has 0 aliphatic heterocycles. The minimum absolute atomic E-state index is 0.0297. The molecule has 0 aliphatic carbocycles. The van der Waals surface area contributed by atoms with E-state index in [2.05, 4.69) is 20.7 Å². The third-order valence-corrected chi connectivity index (χ3v) is 2.00. The quantitative estimate of drug-likeness (QED) is 0.843. The van der Waals surface area contributed by atoms with Crippen molar-refractivity contribution < 1.29 is 19.4 Å². The van der Waals surface area contributed by atoms with E-state index in [1.54, 1.807) is 12.1 Å². The van der Waals surface area contributed by atoms with Crippen LogP contribution in [0.5, 0.6) is 5.75 Å². The molecule has 14 heavy (non-hydrogen) atoms. The first-order valence-electron chi connectivity index (χ1n) is 3.79. The second-order valence-corrected chi connectivity index (χ2v) is 3.41. The highest BCUT2D eigenvalue weighted by Crippen LogP contribution is 2.23. The van der Waals surface area contributed by atoms with Crippen molar-refractivity contribution in [2.24, 2.45) is 0 Å². The van der Waals surface area contributed by atoms with E-state index in [1.807, 2.05) is 0 Å². The van der Waals surface area contributed by atoms with Crippen molar-refractivity contribution in [2.75, 3.05) is 13.9 Å². The Balaban J connectivity index is 2.96. The van der Waals surface area contributed by atoms with Crippen LogP contribution < -0.4 is 4.74 Å². The first-order valence-corrected chi connectivity index (χ1v) is 4.59. The number of ether oxygens (including phenoxy) is 2. The number of halogens is 1. The van der Waals surface area contributed by atoms with Gasteiger partial charge in [-0.25, -0.2) is 4.79 Å². The lowest BCUT2D eigenvalue weighted by Gasteiger charge is -2.07. The summed E-state index contributed by atoms with van der Waals surface area (Å²) < 4.78 is 10.5. The van der Waals surface area contributed by atoms with Crippen molar-refractivity contribution in [3.63, 3.8) is 0 Å². The largest absolute Gasteiger partial charge is 0.478 e. The Morgan fingerprint density at radius 1 is 1.57 bits per heavy atom. The van der Waals surface area contributed by atoms with Crippen LogP contribution in [0.2, 0.25) is 0 Å². The molecule has 0 saturated carbocycles. The van der Waals surface area contributed by atoms with E-state index < -0.39 is 5.97 Å². The van der Waals surface area contributed by atoms with E-state index >= 15 is 0 Å². The van der Waals surface area contributed by atoms with Crippen LogP contribution in [0.1, 0.15) is 10.4 Å². The van der Waals surface area contributed by atoms with Crippen molar-refractivity contribution in [3.8, 4) is 5.75 Å². The van der Waals surface area contributed by atoms with E-state index in [4.69, 9.17) is 9.84 Å². The average molecular weight is 261 g/mol. The summed E-state index contributed by atoms with van der Waals surface area (Å²) >= 11 is 3.18. The molecule has 1 aromatic carbocycles. The lowest BCUT2D eigenvalue weighted by atomic mass is 10.2. The molecule has 76 valence electrons. The molecule has 0 spiro atoms. The highest BCUT2D eigenvalue weighted by Gasteiger charge is 2.11. The van der Waals surface area contributed by atoms with Gasteiger partial charge in [-0.2, -0.15) is 0 Å².